The van der Waals surface area contributed by atoms with Gasteiger partial charge in [-0.05, 0) is 43.8 Å². The van der Waals surface area contributed by atoms with Gasteiger partial charge in [0.2, 0.25) is 0 Å². The van der Waals surface area contributed by atoms with Crippen molar-refractivity contribution < 1.29 is 5.11 Å². The van der Waals surface area contributed by atoms with Crippen molar-refractivity contribution in [3.63, 3.8) is 0 Å². The number of hydrogen-bond donors (Lipinski definition) is 2. The standard InChI is InChI=1S/C15H23NOS/c1-12-7-13(2)9-14(8-12)10-16-11-15(17)3-5-18-6-4-15/h7-9,16-17H,3-6,10-11H2,1-2H3. The molecule has 1 aliphatic heterocycles. The van der Waals surface area contributed by atoms with E-state index in [9.17, 15) is 5.11 Å². The highest BCUT2D eigenvalue weighted by atomic mass is 32.2. The molecule has 0 aliphatic carbocycles. The molecule has 2 N–H and O–H groups in total. The number of rotatable bonds is 4. The highest BCUT2D eigenvalue weighted by molar-refractivity contribution is 7.99. The average Bonchev–Trinajstić information content (AvgIpc) is 2.28. The molecule has 0 unspecified atom stereocenters. The van der Waals surface area contributed by atoms with Gasteiger partial charge in [0.15, 0.2) is 0 Å². The number of thioether (sulfide) groups is 1. The fourth-order valence-corrected chi connectivity index (χ4v) is 3.79. The van der Waals surface area contributed by atoms with Gasteiger partial charge in [-0.1, -0.05) is 29.3 Å². The van der Waals surface area contributed by atoms with Gasteiger partial charge < -0.3 is 10.4 Å². The second-order valence-corrected chi connectivity index (χ2v) is 6.66. The van der Waals surface area contributed by atoms with E-state index in [2.05, 4.69) is 37.4 Å². The third-order valence-electron chi connectivity index (χ3n) is 3.49. The zero-order valence-corrected chi connectivity index (χ0v) is 12.1. The molecule has 0 radical (unpaired) electrons. The van der Waals surface area contributed by atoms with E-state index < -0.39 is 5.60 Å². The minimum atomic E-state index is -0.482. The second kappa shape index (κ2) is 6.09. The zero-order valence-electron chi connectivity index (χ0n) is 11.3. The number of benzene rings is 1. The molecule has 100 valence electrons. The molecule has 18 heavy (non-hydrogen) atoms. The zero-order chi connectivity index (χ0) is 13.0. The van der Waals surface area contributed by atoms with Crippen molar-refractivity contribution in [3.05, 3.63) is 34.9 Å². The third-order valence-corrected chi connectivity index (χ3v) is 4.47. The molecular formula is C15H23NOS. The maximum atomic E-state index is 10.4. The van der Waals surface area contributed by atoms with Crippen molar-refractivity contribution >= 4 is 11.8 Å². The minimum Gasteiger partial charge on any atom is -0.389 e. The van der Waals surface area contributed by atoms with E-state index in [1.165, 1.54) is 16.7 Å². The van der Waals surface area contributed by atoms with Crippen LogP contribution in [0.1, 0.15) is 29.5 Å². The Labute approximate surface area is 114 Å². The fraction of sp³-hybridized carbons (Fsp3) is 0.600. The number of nitrogens with one attached hydrogen (secondary N) is 1. The Morgan fingerprint density at radius 3 is 2.39 bits per heavy atom. The first-order valence-corrected chi connectivity index (χ1v) is 7.81. The van der Waals surface area contributed by atoms with Gasteiger partial charge in [-0.2, -0.15) is 11.8 Å². The average molecular weight is 265 g/mol. The molecule has 2 rings (SSSR count). The molecule has 0 spiro atoms. The Kier molecular flexibility index (Phi) is 4.71. The Morgan fingerprint density at radius 1 is 1.17 bits per heavy atom. The quantitative estimate of drug-likeness (QED) is 0.878. The summed E-state index contributed by atoms with van der Waals surface area (Å²) in [6.45, 7) is 5.81. The number of aryl methyl sites for hydroxylation is 2. The summed E-state index contributed by atoms with van der Waals surface area (Å²) in [5.41, 5.74) is 3.44. The number of hydrogen-bond acceptors (Lipinski definition) is 3. The van der Waals surface area contributed by atoms with Crippen LogP contribution in [0.5, 0.6) is 0 Å². The maximum Gasteiger partial charge on any atom is 0.0787 e. The monoisotopic (exact) mass is 265 g/mol. The molecule has 1 aliphatic rings. The smallest absolute Gasteiger partial charge is 0.0787 e. The predicted molar refractivity (Wildman–Crippen MR) is 79.1 cm³/mol. The molecule has 2 nitrogen and oxygen atoms in total. The molecule has 0 aromatic heterocycles. The van der Waals surface area contributed by atoms with Gasteiger partial charge in [0.05, 0.1) is 5.60 Å². The Bertz CT molecular complexity index is 379. The summed E-state index contributed by atoms with van der Waals surface area (Å²) in [5, 5.41) is 13.8. The summed E-state index contributed by atoms with van der Waals surface area (Å²) in [5.74, 6) is 2.17. The second-order valence-electron chi connectivity index (χ2n) is 5.44. The van der Waals surface area contributed by atoms with Gasteiger partial charge in [-0.3, -0.25) is 0 Å². The molecule has 0 amide bonds. The molecule has 0 atom stereocenters. The van der Waals surface area contributed by atoms with Gasteiger partial charge >= 0.3 is 0 Å². The maximum absolute atomic E-state index is 10.4. The molecule has 3 heteroatoms. The molecule has 1 saturated heterocycles. The van der Waals surface area contributed by atoms with Crippen LogP contribution in [0.2, 0.25) is 0 Å². The minimum absolute atomic E-state index is 0.482. The van der Waals surface area contributed by atoms with E-state index in [0.717, 1.165) is 30.9 Å². The first-order valence-electron chi connectivity index (χ1n) is 6.65. The lowest BCUT2D eigenvalue weighted by Crippen LogP contribution is -2.43. The summed E-state index contributed by atoms with van der Waals surface area (Å²) >= 11 is 1.94. The summed E-state index contributed by atoms with van der Waals surface area (Å²) in [4.78, 5) is 0. The fourth-order valence-electron chi connectivity index (χ4n) is 2.54. The molecule has 1 aromatic rings. The molecule has 0 bridgehead atoms. The van der Waals surface area contributed by atoms with Crippen molar-refractivity contribution in [3.8, 4) is 0 Å². The van der Waals surface area contributed by atoms with Crippen molar-refractivity contribution in [2.75, 3.05) is 18.1 Å². The first kappa shape index (κ1) is 13.9. The summed E-state index contributed by atoms with van der Waals surface area (Å²) < 4.78 is 0. The van der Waals surface area contributed by atoms with E-state index in [1.807, 2.05) is 11.8 Å². The summed E-state index contributed by atoms with van der Waals surface area (Å²) in [7, 11) is 0. The van der Waals surface area contributed by atoms with E-state index in [0.29, 0.717) is 6.54 Å². The van der Waals surface area contributed by atoms with Crippen LogP contribution in [-0.2, 0) is 6.54 Å². The molecular weight excluding hydrogens is 242 g/mol. The van der Waals surface area contributed by atoms with Gasteiger partial charge in [0, 0.05) is 13.1 Å². The Balaban J connectivity index is 1.84. The largest absolute Gasteiger partial charge is 0.389 e. The van der Waals surface area contributed by atoms with Crippen LogP contribution < -0.4 is 5.32 Å². The highest BCUT2D eigenvalue weighted by Gasteiger charge is 2.28. The molecule has 1 heterocycles. The van der Waals surface area contributed by atoms with E-state index >= 15 is 0 Å². The van der Waals surface area contributed by atoms with Crippen LogP contribution in [0, 0.1) is 13.8 Å². The van der Waals surface area contributed by atoms with Crippen LogP contribution >= 0.6 is 11.8 Å². The van der Waals surface area contributed by atoms with Gasteiger partial charge in [-0.25, -0.2) is 0 Å². The third kappa shape index (κ3) is 4.01. The predicted octanol–water partition coefficient (Wildman–Crippen LogP) is 2.65. The van der Waals surface area contributed by atoms with Crippen LogP contribution in [0.15, 0.2) is 18.2 Å². The normalized spacial score (nSPS) is 18.8. The summed E-state index contributed by atoms with van der Waals surface area (Å²) in [6, 6.07) is 6.61. The van der Waals surface area contributed by atoms with Gasteiger partial charge in [0.25, 0.3) is 0 Å². The molecule has 1 fully saturated rings. The van der Waals surface area contributed by atoms with E-state index in [1.54, 1.807) is 0 Å². The SMILES string of the molecule is Cc1cc(C)cc(CNCC2(O)CCSCC2)c1. The van der Waals surface area contributed by atoms with E-state index in [-0.39, 0.29) is 0 Å². The Hall–Kier alpha value is -0.510. The lowest BCUT2D eigenvalue weighted by molar-refractivity contribution is 0.0320. The van der Waals surface area contributed by atoms with Crippen LogP contribution in [-0.4, -0.2) is 28.8 Å². The van der Waals surface area contributed by atoms with Gasteiger partial charge in [-0.15, -0.1) is 0 Å². The van der Waals surface area contributed by atoms with Crippen molar-refractivity contribution in [1.82, 2.24) is 5.32 Å². The molecule has 1 aromatic carbocycles. The lowest BCUT2D eigenvalue weighted by atomic mass is 9.97. The lowest BCUT2D eigenvalue weighted by Gasteiger charge is -2.32. The first-order chi connectivity index (χ1) is 8.57. The highest BCUT2D eigenvalue weighted by Crippen LogP contribution is 2.26. The van der Waals surface area contributed by atoms with Crippen molar-refractivity contribution in [2.24, 2.45) is 0 Å². The Morgan fingerprint density at radius 2 is 1.78 bits per heavy atom. The summed E-state index contributed by atoms with van der Waals surface area (Å²) in [6.07, 6.45) is 1.83. The van der Waals surface area contributed by atoms with Crippen molar-refractivity contribution in [2.45, 2.75) is 38.8 Å². The van der Waals surface area contributed by atoms with Crippen LogP contribution in [0.3, 0.4) is 0 Å². The van der Waals surface area contributed by atoms with Crippen LogP contribution in [0.4, 0.5) is 0 Å². The topological polar surface area (TPSA) is 32.3 Å². The number of aliphatic hydroxyl groups is 1. The molecule has 0 saturated carbocycles. The van der Waals surface area contributed by atoms with E-state index in [4.69, 9.17) is 0 Å². The van der Waals surface area contributed by atoms with Crippen LogP contribution in [0.25, 0.3) is 0 Å². The van der Waals surface area contributed by atoms with Gasteiger partial charge in [0.1, 0.15) is 0 Å². The van der Waals surface area contributed by atoms with Crippen molar-refractivity contribution in [1.29, 1.82) is 0 Å².